The average molecular weight is 328 g/mol. The first-order chi connectivity index (χ1) is 8.69. The number of nitriles is 1. The molecule has 1 saturated heterocycles. The van der Waals surface area contributed by atoms with Gasteiger partial charge in [0.1, 0.15) is 0 Å². The molecule has 0 saturated carbocycles. The number of piperidine rings is 1. The number of amides is 1. The Bertz CT molecular complexity index is 460. The van der Waals surface area contributed by atoms with Crippen molar-refractivity contribution in [2.75, 3.05) is 19.6 Å². The number of halogens is 1. The Kier molecular flexibility index (Phi) is 4.75. The zero-order valence-electron chi connectivity index (χ0n) is 9.86. The maximum Gasteiger partial charge on any atom is 0.261 e. The molecule has 1 fully saturated rings. The molecule has 1 aromatic heterocycles. The van der Waals surface area contributed by atoms with E-state index >= 15 is 0 Å². The smallest absolute Gasteiger partial charge is 0.261 e. The number of likely N-dealkylation sites (tertiary alicyclic amines) is 1. The van der Waals surface area contributed by atoms with Crippen molar-refractivity contribution in [3.8, 4) is 6.07 Å². The molecule has 0 radical (unpaired) electrons. The lowest BCUT2D eigenvalue weighted by molar-refractivity contribution is 0.0918. The summed E-state index contributed by atoms with van der Waals surface area (Å²) in [4.78, 5) is 14.8. The van der Waals surface area contributed by atoms with Gasteiger partial charge >= 0.3 is 0 Å². The molecule has 0 spiro atoms. The first-order valence-corrected chi connectivity index (χ1v) is 7.45. The lowest BCUT2D eigenvalue weighted by Gasteiger charge is -2.30. The van der Waals surface area contributed by atoms with Gasteiger partial charge < -0.3 is 5.32 Å². The monoisotopic (exact) mass is 327 g/mol. The zero-order valence-corrected chi connectivity index (χ0v) is 12.3. The van der Waals surface area contributed by atoms with Gasteiger partial charge in [0.2, 0.25) is 0 Å². The van der Waals surface area contributed by atoms with Gasteiger partial charge in [-0.05, 0) is 40.9 Å². The lowest BCUT2D eigenvalue weighted by Crippen LogP contribution is -2.44. The molecule has 4 nitrogen and oxygen atoms in total. The van der Waals surface area contributed by atoms with Gasteiger partial charge in [0.15, 0.2) is 0 Å². The number of rotatable bonds is 3. The molecule has 0 bridgehead atoms. The van der Waals surface area contributed by atoms with Gasteiger partial charge in [0.05, 0.1) is 21.3 Å². The van der Waals surface area contributed by atoms with Crippen molar-refractivity contribution in [3.63, 3.8) is 0 Å². The number of nitrogens with zero attached hydrogens (tertiary/aromatic N) is 2. The summed E-state index contributed by atoms with van der Waals surface area (Å²) < 4.78 is 0.969. The van der Waals surface area contributed by atoms with Crippen molar-refractivity contribution in [1.82, 2.24) is 10.2 Å². The van der Waals surface area contributed by atoms with Crippen LogP contribution < -0.4 is 5.32 Å². The summed E-state index contributed by atoms with van der Waals surface area (Å²) in [6.45, 7) is 2.25. The van der Waals surface area contributed by atoms with Gasteiger partial charge in [-0.25, -0.2) is 0 Å². The quantitative estimate of drug-likeness (QED) is 0.866. The van der Waals surface area contributed by atoms with E-state index in [2.05, 4.69) is 32.2 Å². The molecule has 1 amide bonds. The number of carbonyl (C=O) groups is 1. The van der Waals surface area contributed by atoms with Crippen LogP contribution in [0.3, 0.4) is 0 Å². The summed E-state index contributed by atoms with van der Waals surface area (Å²) in [6, 6.07) is 6.10. The predicted molar refractivity (Wildman–Crippen MR) is 74.6 cm³/mol. The molecule has 96 valence electrons. The highest BCUT2D eigenvalue weighted by Gasteiger charge is 2.21. The Balaban J connectivity index is 1.81. The first kappa shape index (κ1) is 13.5. The Morgan fingerprint density at radius 3 is 2.83 bits per heavy atom. The van der Waals surface area contributed by atoms with Crippen molar-refractivity contribution in [2.24, 2.45) is 0 Å². The molecule has 1 aliphatic rings. The van der Waals surface area contributed by atoms with Gasteiger partial charge in [-0.1, -0.05) is 0 Å². The Morgan fingerprint density at radius 1 is 1.56 bits per heavy atom. The fourth-order valence-corrected chi connectivity index (χ4v) is 3.32. The fraction of sp³-hybridized carbons (Fsp3) is 0.500. The molecule has 0 aromatic carbocycles. The third kappa shape index (κ3) is 3.55. The fourth-order valence-electron chi connectivity index (χ4n) is 2.03. The molecule has 1 N–H and O–H groups in total. The van der Waals surface area contributed by atoms with Crippen molar-refractivity contribution in [3.05, 3.63) is 20.8 Å². The highest BCUT2D eigenvalue weighted by molar-refractivity contribution is 9.11. The van der Waals surface area contributed by atoms with Crippen LogP contribution in [0.5, 0.6) is 0 Å². The summed E-state index contributed by atoms with van der Waals surface area (Å²) in [7, 11) is 0. The molecule has 2 heterocycles. The van der Waals surface area contributed by atoms with Crippen molar-refractivity contribution >= 4 is 33.2 Å². The number of carbonyl (C=O) groups excluding carboxylic acids is 1. The van der Waals surface area contributed by atoms with Crippen LogP contribution >= 0.6 is 27.3 Å². The first-order valence-electron chi connectivity index (χ1n) is 5.84. The number of hydrogen-bond acceptors (Lipinski definition) is 4. The van der Waals surface area contributed by atoms with E-state index < -0.39 is 0 Å². The highest BCUT2D eigenvalue weighted by Crippen LogP contribution is 2.22. The van der Waals surface area contributed by atoms with Crippen molar-refractivity contribution < 1.29 is 4.79 Å². The van der Waals surface area contributed by atoms with E-state index in [0.29, 0.717) is 6.54 Å². The second kappa shape index (κ2) is 6.32. The van der Waals surface area contributed by atoms with Gasteiger partial charge in [-0.15, -0.1) is 11.3 Å². The summed E-state index contributed by atoms with van der Waals surface area (Å²) in [6.07, 6.45) is 1.83. The van der Waals surface area contributed by atoms with Gasteiger partial charge in [-0.2, -0.15) is 5.26 Å². The summed E-state index contributed by atoms with van der Waals surface area (Å²) >= 11 is 4.80. The minimum Gasteiger partial charge on any atom is -0.349 e. The van der Waals surface area contributed by atoms with Crippen LogP contribution in [0.4, 0.5) is 0 Å². The van der Waals surface area contributed by atoms with Crippen LogP contribution in [0.1, 0.15) is 22.5 Å². The van der Waals surface area contributed by atoms with E-state index in [-0.39, 0.29) is 11.9 Å². The molecule has 0 aliphatic carbocycles. The van der Waals surface area contributed by atoms with Crippen LogP contribution in [-0.4, -0.2) is 36.5 Å². The minimum atomic E-state index is 0.00410. The second-order valence-corrected chi connectivity index (χ2v) is 6.75. The largest absolute Gasteiger partial charge is 0.349 e. The van der Waals surface area contributed by atoms with E-state index in [4.69, 9.17) is 5.26 Å². The molecule has 18 heavy (non-hydrogen) atoms. The SMILES string of the molecule is N#CCN1CCC(NC(=O)c2ccc(Br)s2)CC1. The molecule has 1 aliphatic heterocycles. The topological polar surface area (TPSA) is 56.1 Å². The number of nitrogens with one attached hydrogen (secondary N) is 1. The third-order valence-corrected chi connectivity index (χ3v) is 4.64. The molecular weight excluding hydrogens is 314 g/mol. The van der Waals surface area contributed by atoms with Crippen LogP contribution in [0.15, 0.2) is 15.9 Å². The molecule has 0 atom stereocenters. The van der Waals surface area contributed by atoms with E-state index in [1.165, 1.54) is 11.3 Å². The molecular formula is C12H14BrN3OS. The molecule has 2 rings (SSSR count). The van der Waals surface area contributed by atoms with Crippen LogP contribution in [0.25, 0.3) is 0 Å². The summed E-state index contributed by atoms with van der Waals surface area (Å²) in [5.41, 5.74) is 0. The van der Waals surface area contributed by atoms with Crippen molar-refractivity contribution in [1.29, 1.82) is 5.26 Å². The normalized spacial score (nSPS) is 17.3. The predicted octanol–water partition coefficient (Wildman–Crippen LogP) is 2.23. The lowest BCUT2D eigenvalue weighted by atomic mass is 10.1. The zero-order chi connectivity index (χ0) is 13.0. The van der Waals surface area contributed by atoms with Crippen LogP contribution in [-0.2, 0) is 0 Å². The standard InChI is InChI=1S/C12H14BrN3OS/c13-11-2-1-10(18-11)12(17)15-9-3-6-16(7-4-9)8-5-14/h1-2,9H,3-4,6-8H2,(H,15,17). The van der Waals surface area contributed by atoms with E-state index in [9.17, 15) is 4.79 Å². The Hall–Kier alpha value is -0.900. The van der Waals surface area contributed by atoms with Crippen molar-refractivity contribution in [2.45, 2.75) is 18.9 Å². The summed E-state index contributed by atoms with van der Waals surface area (Å²) in [5, 5.41) is 11.7. The Labute approximate surface area is 119 Å². The van der Waals surface area contributed by atoms with E-state index in [0.717, 1.165) is 34.6 Å². The summed E-state index contributed by atoms with van der Waals surface area (Å²) in [5.74, 6) is 0.00410. The second-order valence-electron chi connectivity index (χ2n) is 4.29. The van der Waals surface area contributed by atoms with Crippen LogP contribution in [0.2, 0.25) is 0 Å². The van der Waals surface area contributed by atoms with Gasteiger partial charge in [0.25, 0.3) is 5.91 Å². The molecule has 6 heteroatoms. The van der Waals surface area contributed by atoms with E-state index in [1.54, 1.807) is 0 Å². The minimum absolute atomic E-state index is 0.00410. The maximum absolute atomic E-state index is 11.9. The van der Waals surface area contributed by atoms with E-state index in [1.807, 2.05) is 12.1 Å². The maximum atomic E-state index is 11.9. The van der Waals surface area contributed by atoms with Gasteiger partial charge in [0, 0.05) is 19.1 Å². The van der Waals surface area contributed by atoms with Crippen LogP contribution in [0, 0.1) is 11.3 Å². The average Bonchev–Trinajstić information content (AvgIpc) is 2.79. The number of hydrogen-bond donors (Lipinski definition) is 1. The molecule has 1 aromatic rings. The van der Waals surface area contributed by atoms with Gasteiger partial charge in [-0.3, -0.25) is 9.69 Å². The third-order valence-electron chi connectivity index (χ3n) is 3.01. The Morgan fingerprint density at radius 2 is 2.28 bits per heavy atom. The molecule has 0 unspecified atom stereocenters. The highest BCUT2D eigenvalue weighted by atomic mass is 79.9. The number of thiophene rings is 1.